The van der Waals surface area contributed by atoms with Crippen molar-refractivity contribution in [2.45, 2.75) is 38.6 Å². The second-order valence-electron chi connectivity index (χ2n) is 4.94. The Labute approximate surface area is 100 Å². The van der Waals surface area contributed by atoms with Gasteiger partial charge in [0.05, 0.1) is 13.2 Å². The maximum atomic E-state index is 5.18. The van der Waals surface area contributed by atoms with Gasteiger partial charge in [-0.3, -0.25) is 4.90 Å². The molecule has 0 radical (unpaired) electrons. The minimum Gasteiger partial charge on any atom is -0.383 e. The van der Waals surface area contributed by atoms with Crippen LogP contribution in [-0.2, 0) is 9.47 Å². The van der Waals surface area contributed by atoms with Gasteiger partial charge in [0.15, 0.2) is 0 Å². The lowest BCUT2D eigenvalue weighted by molar-refractivity contribution is 0.0684. The molecule has 0 amide bonds. The van der Waals surface area contributed by atoms with E-state index in [9.17, 15) is 0 Å². The summed E-state index contributed by atoms with van der Waals surface area (Å²) in [5.41, 5.74) is 0. The molecule has 0 heterocycles. The minimum absolute atomic E-state index is 0.751. The van der Waals surface area contributed by atoms with Gasteiger partial charge >= 0.3 is 0 Å². The highest BCUT2D eigenvalue weighted by Gasteiger charge is 2.23. The molecule has 96 valence electrons. The van der Waals surface area contributed by atoms with E-state index in [4.69, 9.17) is 9.47 Å². The number of hydrogen-bond donors (Lipinski definition) is 0. The monoisotopic (exact) mass is 229 g/mol. The smallest absolute Gasteiger partial charge is 0.0589 e. The van der Waals surface area contributed by atoms with Crippen LogP contribution in [0.1, 0.15) is 32.6 Å². The van der Waals surface area contributed by atoms with Crippen molar-refractivity contribution in [1.29, 1.82) is 0 Å². The predicted octanol–water partition coefficient (Wildman–Crippen LogP) is 2.16. The maximum Gasteiger partial charge on any atom is 0.0589 e. The van der Waals surface area contributed by atoms with Crippen molar-refractivity contribution in [3.05, 3.63) is 0 Å². The van der Waals surface area contributed by atoms with Gasteiger partial charge in [-0.05, 0) is 31.6 Å². The summed E-state index contributed by atoms with van der Waals surface area (Å²) in [7, 11) is 3.55. The summed E-state index contributed by atoms with van der Waals surface area (Å²) < 4.78 is 10.4. The first kappa shape index (κ1) is 13.9. The summed E-state index contributed by atoms with van der Waals surface area (Å²) in [6, 6.07) is 0.751. The maximum absolute atomic E-state index is 5.18. The Hall–Kier alpha value is -0.120. The SMILES string of the molecule is COCCN(CCOC)[C@H]1CC[C@@H](C)CC1. The zero-order valence-electron chi connectivity index (χ0n) is 11.1. The molecule has 0 bridgehead atoms. The summed E-state index contributed by atoms with van der Waals surface area (Å²) in [6.07, 6.45) is 5.44. The van der Waals surface area contributed by atoms with Gasteiger partial charge in [-0.1, -0.05) is 6.92 Å². The summed E-state index contributed by atoms with van der Waals surface area (Å²) in [5.74, 6) is 0.919. The fourth-order valence-electron chi connectivity index (χ4n) is 2.50. The van der Waals surface area contributed by atoms with Crippen LogP contribution < -0.4 is 0 Å². The van der Waals surface area contributed by atoms with Crippen molar-refractivity contribution < 1.29 is 9.47 Å². The van der Waals surface area contributed by atoms with Crippen molar-refractivity contribution in [2.75, 3.05) is 40.5 Å². The third kappa shape index (κ3) is 4.81. The molecule has 3 nitrogen and oxygen atoms in total. The van der Waals surface area contributed by atoms with Gasteiger partial charge in [-0.25, -0.2) is 0 Å². The Morgan fingerprint density at radius 2 is 1.44 bits per heavy atom. The van der Waals surface area contributed by atoms with E-state index in [0.717, 1.165) is 38.3 Å². The second kappa shape index (κ2) is 8.04. The van der Waals surface area contributed by atoms with Crippen LogP contribution in [0.5, 0.6) is 0 Å². The zero-order valence-corrected chi connectivity index (χ0v) is 11.1. The molecular weight excluding hydrogens is 202 g/mol. The fourth-order valence-corrected chi connectivity index (χ4v) is 2.50. The lowest BCUT2D eigenvalue weighted by atomic mass is 9.86. The Morgan fingerprint density at radius 1 is 0.938 bits per heavy atom. The molecule has 0 aromatic carbocycles. The van der Waals surface area contributed by atoms with Crippen molar-refractivity contribution >= 4 is 0 Å². The van der Waals surface area contributed by atoms with Crippen molar-refractivity contribution in [3.63, 3.8) is 0 Å². The number of hydrogen-bond acceptors (Lipinski definition) is 3. The third-order valence-electron chi connectivity index (χ3n) is 3.67. The summed E-state index contributed by atoms with van der Waals surface area (Å²) in [6.45, 7) is 6.11. The zero-order chi connectivity index (χ0) is 11.8. The van der Waals surface area contributed by atoms with E-state index in [1.165, 1.54) is 25.7 Å². The van der Waals surface area contributed by atoms with Crippen LogP contribution in [-0.4, -0.2) is 51.5 Å². The van der Waals surface area contributed by atoms with E-state index >= 15 is 0 Å². The highest BCUT2D eigenvalue weighted by atomic mass is 16.5. The normalized spacial score (nSPS) is 26.2. The van der Waals surface area contributed by atoms with Crippen molar-refractivity contribution in [1.82, 2.24) is 4.90 Å². The molecule has 1 fully saturated rings. The predicted molar refractivity (Wildman–Crippen MR) is 66.7 cm³/mol. The molecule has 1 aliphatic carbocycles. The molecular formula is C13H27NO2. The molecule has 0 saturated heterocycles. The van der Waals surface area contributed by atoms with Gasteiger partial charge in [0.25, 0.3) is 0 Å². The summed E-state index contributed by atoms with van der Waals surface area (Å²) >= 11 is 0. The lowest BCUT2D eigenvalue weighted by Crippen LogP contribution is -2.41. The second-order valence-corrected chi connectivity index (χ2v) is 4.94. The first-order valence-corrected chi connectivity index (χ1v) is 6.49. The summed E-state index contributed by atoms with van der Waals surface area (Å²) in [4.78, 5) is 2.54. The van der Waals surface area contributed by atoms with Crippen LogP contribution in [0.3, 0.4) is 0 Å². The van der Waals surface area contributed by atoms with E-state index in [1.807, 2.05) is 0 Å². The van der Waals surface area contributed by atoms with Crippen LogP contribution in [0, 0.1) is 5.92 Å². The Bertz CT molecular complexity index is 159. The number of methoxy groups -OCH3 is 2. The molecule has 0 aromatic rings. The molecule has 0 spiro atoms. The van der Waals surface area contributed by atoms with Gasteiger partial charge in [0.2, 0.25) is 0 Å². The molecule has 0 unspecified atom stereocenters. The third-order valence-corrected chi connectivity index (χ3v) is 3.67. The number of ether oxygens (including phenoxy) is 2. The van der Waals surface area contributed by atoms with Gasteiger partial charge in [0, 0.05) is 33.4 Å². The average Bonchev–Trinajstić information content (AvgIpc) is 2.31. The molecule has 1 rings (SSSR count). The molecule has 3 heteroatoms. The van der Waals surface area contributed by atoms with Gasteiger partial charge < -0.3 is 9.47 Å². The Balaban J connectivity index is 2.34. The Kier molecular flexibility index (Phi) is 7.01. The largest absolute Gasteiger partial charge is 0.383 e. The molecule has 1 saturated carbocycles. The van der Waals surface area contributed by atoms with E-state index in [2.05, 4.69) is 11.8 Å². The van der Waals surface area contributed by atoms with Gasteiger partial charge in [-0.15, -0.1) is 0 Å². The molecule has 0 aliphatic heterocycles. The van der Waals surface area contributed by atoms with Crippen molar-refractivity contribution in [3.8, 4) is 0 Å². The average molecular weight is 229 g/mol. The number of rotatable bonds is 7. The standard InChI is InChI=1S/C13H27NO2/c1-12-4-6-13(7-5-12)14(8-10-15-2)9-11-16-3/h12-13H,4-11H2,1-3H3/t12-,13+. The van der Waals surface area contributed by atoms with Gasteiger partial charge in [0.1, 0.15) is 0 Å². The molecule has 0 N–H and O–H groups in total. The van der Waals surface area contributed by atoms with Crippen LogP contribution in [0.2, 0.25) is 0 Å². The first-order valence-electron chi connectivity index (χ1n) is 6.49. The van der Waals surface area contributed by atoms with Crippen molar-refractivity contribution in [2.24, 2.45) is 5.92 Å². The quantitative estimate of drug-likeness (QED) is 0.668. The van der Waals surface area contributed by atoms with Crippen LogP contribution >= 0.6 is 0 Å². The highest BCUT2D eigenvalue weighted by molar-refractivity contribution is 4.78. The lowest BCUT2D eigenvalue weighted by Gasteiger charge is -2.35. The molecule has 1 aliphatic rings. The Morgan fingerprint density at radius 3 is 1.88 bits per heavy atom. The fraction of sp³-hybridized carbons (Fsp3) is 1.00. The van der Waals surface area contributed by atoms with E-state index in [0.29, 0.717) is 0 Å². The first-order chi connectivity index (χ1) is 7.77. The van der Waals surface area contributed by atoms with Crippen LogP contribution in [0.15, 0.2) is 0 Å². The molecule has 0 atom stereocenters. The van der Waals surface area contributed by atoms with E-state index < -0.39 is 0 Å². The minimum atomic E-state index is 0.751. The van der Waals surface area contributed by atoms with Crippen LogP contribution in [0.25, 0.3) is 0 Å². The highest BCUT2D eigenvalue weighted by Crippen LogP contribution is 2.26. The molecule has 0 aromatic heterocycles. The van der Waals surface area contributed by atoms with E-state index in [1.54, 1.807) is 14.2 Å². The number of nitrogens with zero attached hydrogens (tertiary/aromatic N) is 1. The van der Waals surface area contributed by atoms with Gasteiger partial charge in [-0.2, -0.15) is 0 Å². The van der Waals surface area contributed by atoms with E-state index in [-0.39, 0.29) is 0 Å². The summed E-state index contributed by atoms with van der Waals surface area (Å²) in [5, 5.41) is 0. The topological polar surface area (TPSA) is 21.7 Å². The molecule has 16 heavy (non-hydrogen) atoms. The van der Waals surface area contributed by atoms with Crippen LogP contribution in [0.4, 0.5) is 0 Å².